The second-order valence-electron chi connectivity index (χ2n) is 2.21. The Hall–Kier alpha value is -0.560. The van der Waals surface area contributed by atoms with Crippen LogP contribution in [0, 0.1) is 0 Å². The molecule has 7 heteroatoms. The van der Waals surface area contributed by atoms with Gasteiger partial charge in [0.2, 0.25) is 0 Å². The molecule has 68 valence electrons. The van der Waals surface area contributed by atoms with Crippen LogP contribution in [0.15, 0.2) is 9.59 Å². The minimum absolute atomic E-state index is 0.176. The fourth-order valence-corrected chi connectivity index (χ4v) is 1.46. The number of thiol groups is 2. The van der Waals surface area contributed by atoms with E-state index in [-0.39, 0.29) is 23.1 Å². The summed E-state index contributed by atoms with van der Waals surface area (Å²) in [4.78, 5) is 22.4. The SMILES string of the molecule is Cn1c(=O)n(CS)n(CS)c1=O. The van der Waals surface area contributed by atoms with Crippen molar-refractivity contribution in [3.05, 3.63) is 21.0 Å². The van der Waals surface area contributed by atoms with E-state index in [1.807, 2.05) is 0 Å². The molecule has 0 amide bonds. The standard InChI is InChI=1S/C5H9N3O2S2/c1-6-4(9)7(2-11)8(3-12)5(6)10/h11-12H,2-3H2,1H3. The van der Waals surface area contributed by atoms with E-state index in [2.05, 4.69) is 25.3 Å². The fourth-order valence-electron chi connectivity index (χ4n) is 0.908. The van der Waals surface area contributed by atoms with Gasteiger partial charge >= 0.3 is 11.4 Å². The zero-order valence-electron chi connectivity index (χ0n) is 6.47. The molecule has 0 aliphatic heterocycles. The summed E-state index contributed by atoms with van der Waals surface area (Å²) in [6.07, 6.45) is 0. The highest BCUT2D eigenvalue weighted by Crippen LogP contribution is 1.86. The third kappa shape index (κ3) is 1.22. The second-order valence-corrected chi connectivity index (χ2v) is 2.77. The molecule has 0 bridgehead atoms. The van der Waals surface area contributed by atoms with Crippen LogP contribution in [0.5, 0.6) is 0 Å². The van der Waals surface area contributed by atoms with Crippen molar-refractivity contribution in [2.75, 3.05) is 0 Å². The topological polar surface area (TPSA) is 48.9 Å². The van der Waals surface area contributed by atoms with Crippen molar-refractivity contribution < 1.29 is 0 Å². The highest BCUT2D eigenvalue weighted by Gasteiger charge is 2.09. The molecule has 0 aliphatic carbocycles. The first-order valence-electron chi connectivity index (χ1n) is 3.21. The van der Waals surface area contributed by atoms with Gasteiger partial charge in [-0.05, 0) is 0 Å². The van der Waals surface area contributed by atoms with Crippen LogP contribution in [-0.4, -0.2) is 13.9 Å². The molecule has 0 N–H and O–H groups in total. The predicted molar refractivity (Wildman–Crippen MR) is 51.9 cm³/mol. The molecule has 0 spiro atoms. The summed E-state index contributed by atoms with van der Waals surface area (Å²) in [5.41, 5.74) is -0.742. The Morgan fingerprint density at radius 3 is 1.67 bits per heavy atom. The molecule has 5 nitrogen and oxygen atoms in total. The van der Waals surface area contributed by atoms with Crippen molar-refractivity contribution in [3.63, 3.8) is 0 Å². The quantitative estimate of drug-likeness (QED) is 0.619. The molecule has 0 radical (unpaired) electrons. The molecule has 1 aromatic rings. The maximum absolute atomic E-state index is 11.2. The van der Waals surface area contributed by atoms with Gasteiger partial charge in [0, 0.05) is 7.05 Å². The Morgan fingerprint density at radius 2 is 1.42 bits per heavy atom. The molecule has 0 saturated carbocycles. The third-order valence-electron chi connectivity index (χ3n) is 1.57. The lowest BCUT2D eigenvalue weighted by atomic mass is 11.0. The lowest BCUT2D eigenvalue weighted by Crippen LogP contribution is -2.25. The molecule has 1 heterocycles. The molecular weight excluding hydrogens is 198 g/mol. The van der Waals surface area contributed by atoms with Crippen molar-refractivity contribution in [1.82, 2.24) is 13.9 Å². The lowest BCUT2D eigenvalue weighted by Gasteiger charge is -2.00. The molecule has 0 atom stereocenters. The van der Waals surface area contributed by atoms with Crippen LogP contribution in [-0.2, 0) is 18.8 Å². The number of aromatic nitrogens is 3. The van der Waals surface area contributed by atoms with E-state index in [1.54, 1.807) is 0 Å². The molecule has 1 rings (SSSR count). The average Bonchev–Trinajstić information content (AvgIpc) is 2.29. The van der Waals surface area contributed by atoms with Gasteiger partial charge < -0.3 is 0 Å². The van der Waals surface area contributed by atoms with E-state index >= 15 is 0 Å². The first-order valence-corrected chi connectivity index (χ1v) is 4.48. The normalized spacial score (nSPS) is 10.6. The Balaban J connectivity index is 3.56. The summed E-state index contributed by atoms with van der Waals surface area (Å²) in [5, 5.41) is 0. The summed E-state index contributed by atoms with van der Waals surface area (Å²) < 4.78 is 3.46. The number of hydrogen-bond donors (Lipinski definition) is 2. The van der Waals surface area contributed by atoms with Crippen molar-refractivity contribution >= 4 is 25.3 Å². The lowest BCUT2D eigenvalue weighted by molar-refractivity contribution is 0.551. The Kier molecular flexibility index (Phi) is 2.73. The van der Waals surface area contributed by atoms with Crippen LogP contribution >= 0.6 is 25.3 Å². The molecule has 0 aromatic carbocycles. The van der Waals surface area contributed by atoms with Gasteiger partial charge in [-0.2, -0.15) is 25.3 Å². The van der Waals surface area contributed by atoms with Crippen molar-refractivity contribution in [3.8, 4) is 0 Å². The molecule has 1 aromatic heterocycles. The van der Waals surface area contributed by atoms with E-state index in [0.29, 0.717) is 0 Å². The number of rotatable bonds is 2. The van der Waals surface area contributed by atoms with E-state index in [9.17, 15) is 9.59 Å². The van der Waals surface area contributed by atoms with E-state index in [1.165, 1.54) is 16.4 Å². The highest BCUT2D eigenvalue weighted by atomic mass is 32.1. The van der Waals surface area contributed by atoms with Gasteiger partial charge in [0.25, 0.3) is 0 Å². The minimum Gasteiger partial charge on any atom is -0.246 e. The summed E-state index contributed by atoms with van der Waals surface area (Å²) in [6, 6.07) is 0. The Labute approximate surface area is 79.4 Å². The summed E-state index contributed by atoms with van der Waals surface area (Å²) in [6.45, 7) is 0. The molecule has 0 fully saturated rings. The van der Waals surface area contributed by atoms with Crippen LogP contribution in [0.2, 0.25) is 0 Å². The monoisotopic (exact) mass is 207 g/mol. The van der Waals surface area contributed by atoms with Gasteiger partial charge in [-0.1, -0.05) is 0 Å². The third-order valence-corrected chi connectivity index (χ3v) is 2.11. The number of hydrogen-bond acceptors (Lipinski definition) is 4. The first kappa shape index (κ1) is 9.53. The largest absolute Gasteiger partial charge is 0.347 e. The predicted octanol–water partition coefficient (Wildman–Crippen LogP) is -0.877. The molecule has 12 heavy (non-hydrogen) atoms. The maximum Gasteiger partial charge on any atom is 0.347 e. The molecule has 0 unspecified atom stereocenters. The Morgan fingerprint density at radius 1 is 1.08 bits per heavy atom. The maximum atomic E-state index is 11.2. The van der Waals surface area contributed by atoms with Gasteiger partial charge in [0.15, 0.2) is 0 Å². The smallest absolute Gasteiger partial charge is 0.246 e. The van der Waals surface area contributed by atoms with Gasteiger partial charge in [0.1, 0.15) is 0 Å². The molecular formula is C5H9N3O2S2. The van der Waals surface area contributed by atoms with Crippen molar-refractivity contribution in [2.24, 2.45) is 7.05 Å². The summed E-state index contributed by atoms with van der Waals surface area (Å²) in [7, 11) is 1.42. The van der Waals surface area contributed by atoms with Crippen molar-refractivity contribution in [2.45, 2.75) is 11.8 Å². The van der Waals surface area contributed by atoms with E-state index in [4.69, 9.17) is 0 Å². The van der Waals surface area contributed by atoms with Gasteiger partial charge in [-0.15, -0.1) is 0 Å². The fraction of sp³-hybridized carbons (Fsp3) is 0.600. The van der Waals surface area contributed by atoms with Crippen LogP contribution in [0.4, 0.5) is 0 Å². The van der Waals surface area contributed by atoms with E-state index < -0.39 is 0 Å². The summed E-state index contributed by atoms with van der Waals surface area (Å²) >= 11 is 7.84. The van der Waals surface area contributed by atoms with Gasteiger partial charge in [-0.25, -0.2) is 23.5 Å². The molecule has 0 saturated heterocycles. The zero-order valence-corrected chi connectivity index (χ0v) is 8.26. The van der Waals surface area contributed by atoms with Gasteiger partial charge in [0.05, 0.1) is 11.8 Å². The minimum atomic E-state index is -0.371. The molecule has 0 aliphatic rings. The van der Waals surface area contributed by atoms with Gasteiger partial charge in [-0.3, -0.25) is 0 Å². The van der Waals surface area contributed by atoms with E-state index in [0.717, 1.165) is 4.57 Å². The number of nitrogens with zero attached hydrogens (tertiary/aromatic N) is 3. The summed E-state index contributed by atoms with van der Waals surface area (Å²) in [5.74, 6) is 0.352. The zero-order chi connectivity index (χ0) is 9.30. The average molecular weight is 207 g/mol. The van der Waals surface area contributed by atoms with Crippen LogP contribution in [0.3, 0.4) is 0 Å². The van der Waals surface area contributed by atoms with Crippen molar-refractivity contribution in [1.29, 1.82) is 0 Å². The highest BCUT2D eigenvalue weighted by molar-refractivity contribution is 7.79. The second kappa shape index (κ2) is 3.44. The Bertz CT molecular complexity index is 353. The van der Waals surface area contributed by atoms with Crippen LogP contribution in [0.1, 0.15) is 0 Å². The van der Waals surface area contributed by atoms with Crippen LogP contribution in [0.25, 0.3) is 0 Å². The van der Waals surface area contributed by atoms with Crippen LogP contribution < -0.4 is 11.4 Å². The first-order chi connectivity index (χ1) is 5.63.